The second kappa shape index (κ2) is 10.4. The van der Waals surface area contributed by atoms with E-state index < -0.39 is 0 Å². The van der Waals surface area contributed by atoms with Gasteiger partial charge in [-0.3, -0.25) is 10.1 Å². The molecular formula is C25H28FN5O2. The van der Waals surface area contributed by atoms with E-state index in [0.29, 0.717) is 17.0 Å². The van der Waals surface area contributed by atoms with Gasteiger partial charge in [0.1, 0.15) is 12.4 Å². The summed E-state index contributed by atoms with van der Waals surface area (Å²) in [4.78, 5) is 16.4. The number of carbonyl (C=O) groups excluding carboxylic acids is 1. The molecule has 1 amide bonds. The summed E-state index contributed by atoms with van der Waals surface area (Å²) in [5, 5.41) is 10.00. The van der Waals surface area contributed by atoms with Gasteiger partial charge in [0, 0.05) is 23.5 Å². The smallest absolute Gasteiger partial charge is 0.229 e. The molecule has 172 valence electrons. The fraction of sp³-hybridized carbons (Fsp3) is 0.320. The van der Waals surface area contributed by atoms with Crippen molar-refractivity contribution < 1.29 is 13.7 Å². The van der Waals surface area contributed by atoms with Crippen molar-refractivity contribution in [2.24, 2.45) is 16.6 Å². The minimum absolute atomic E-state index is 0.0496. The Morgan fingerprint density at radius 1 is 1.24 bits per heavy atom. The standard InChI is InChI=1S/C25H28FN5O2/c1-16(19-7-8-21(22(26)13-19)17-5-3-2-4-6-17)23-14-20(33-31-23)15-29-25(27)30-24(32)18-9-11-28-12-10-18/h2-8,13-14,16,18,28H,9-12,15H2,1H3,(H3,27,29,30,32). The molecule has 1 aliphatic heterocycles. The molecule has 2 aromatic carbocycles. The van der Waals surface area contributed by atoms with Crippen LogP contribution in [0, 0.1) is 11.7 Å². The van der Waals surface area contributed by atoms with Crippen LogP contribution < -0.4 is 16.4 Å². The van der Waals surface area contributed by atoms with Crippen LogP contribution in [0.4, 0.5) is 4.39 Å². The van der Waals surface area contributed by atoms with Gasteiger partial charge in [0.25, 0.3) is 0 Å². The molecule has 3 aromatic rings. The van der Waals surface area contributed by atoms with Crippen molar-refractivity contribution in [2.75, 3.05) is 13.1 Å². The first-order valence-corrected chi connectivity index (χ1v) is 11.1. The van der Waals surface area contributed by atoms with E-state index in [1.54, 1.807) is 12.1 Å². The number of amides is 1. The maximum Gasteiger partial charge on any atom is 0.229 e. The second-order valence-electron chi connectivity index (χ2n) is 8.26. The molecule has 1 aliphatic rings. The van der Waals surface area contributed by atoms with Crippen molar-refractivity contribution in [2.45, 2.75) is 32.2 Å². The topological polar surface area (TPSA) is 106 Å². The zero-order valence-electron chi connectivity index (χ0n) is 18.6. The van der Waals surface area contributed by atoms with Gasteiger partial charge in [-0.1, -0.05) is 54.5 Å². The second-order valence-corrected chi connectivity index (χ2v) is 8.26. The number of hydrogen-bond acceptors (Lipinski definition) is 5. The van der Waals surface area contributed by atoms with Gasteiger partial charge in [0.05, 0.1) is 5.69 Å². The molecule has 4 rings (SSSR count). The van der Waals surface area contributed by atoms with E-state index in [0.717, 1.165) is 37.1 Å². The minimum Gasteiger partial charge on any atom is -0.370 e. The monoisotopic (exact) mass is 449 g/mol. The number of nitrogens with one attached hydrogen (secondary N) is 2. The summed E-state index contributed by atoms with van der Waals surface area (Å²) in [6.07, 6.45) is 1.57. The summed E-state index contributed by atoms with van der Waals surface area (Å²) in [5.41, 5.74) is 8.72. The normalized spacial score (nSPS) is 15.9. The molecule has 1 unspecified atom stereocenters. The lowest BCUT2D eigenvalue weighted by Crippen LogP contribution is -2.43. The highest BCUT2D eigenvalue weighted by Gasteiger charge is 2.21. The highest BCUT2D eigenvalue weighted by atomic mass is 19.1. The van der Waals surface area contributed by atoms with Gasteiger partial charge in [-0.05, 0) is 43.1 Å². The third-order valence-electron chi connectivity index (χ3n) is 5.97. The Labute approximate surface area is 192 Å². The number of piperidine rings is 1. The molecule has 0 bridgehead atoms. The van der Waals surface area contributed by atoms with Crippen molar-refractivity contribution >= 4 is 11.9 Å². The Morgan fingerprint density at radius 2 is 2.00 bits per heavy atom. The van der Waals surface area contributed by atoms with Crippen molar-refractivity contribution in [3.8, 4) is 11.1 Å². The summed E-state index contributed by atoms with van der Waals surface area (Å²) in [6.45, 7) is 3.74. The maximum absolute atomic E-state index is 14.8. The van der Waals surface area contributed by atoms with Gasteiger partial charge in [-0.15, -0.1) is 0 Å². The molecule has 33 heavy (non-hydrogen) atoms. The van der Waals surface area contributed by atoms with E-state index in [2.05, 4.69) is 20.8 Å². The van der Waals surface area contributed by atoms with Crippen molar-refractivity contribution in [1.82, 2.24) is 15.8 Å². The minimum atomic E-state index is -0.281. The van der Waals surface area contributed by atoms with E-state index in [1.165, 1.54) is 6.07 Å². The van der Waals surface area contributed by atoms with Gasteiger partial charge in [-0.2, -0.15) is 0 Å². The zero-order chi connectivity index (χ0) is 23.2. The molecule has 4 N–H and O–H groups in total. The first kappa shape index (κ1) is 22.7. The van der Waals surface area contributed by atoms with Gasteiger partial charge < -0.3 is 15.6 Å². The first-order chi connectivity index (χ1) is 16.0. The molecule has 1 aromatic heterocycles. The fourth-order valence-electron chi connectivity index (χ4n) is 3.95. The predicted octanol–water partition coefficient (Wildman–Crippen LogP) is 3.56. The fourth-order valence-corrected chi connectivity index (χ4v) is 3.95. The van der Waals surface area contributed by atoms with E-state index in [4.69, 9.17) is 10.3 Å². The first-order valence-electron chi connectivity index (χ1n) is 11.1. The van der Waals surface area contributed by atoms with Crippen LogP contribution in [0.3, 0.4) is 0 Å². The van der Waals surface area contributed by atoms with Crippen LogP contribution in [-0.2, 0) is 11.3 Å². The van der Waals surface area contributed by atoms with Crippen LogP contribution in [-0.4, -0.2) is 30.1 Å². The van der Waals surface area contributed by atoms with Crippen molar-refractivity contribution in [3.63, 3.8) is 0 Å². The summed E-state index contributed by atoms with van der Waals surface area (Å²) >= 11 is 0. The predicted molar refractivity (Wildman–Crippen MR) is 125 cm³/mol. The van der Waals surface area contributed by atoms with Gasteiger partial charge >= 0.3 is 0 Å². The number of nitrogens with zero attached hydrogens (tertiary/aromatic N) is 2. The number of benzene rings is 2. The molecule has 7 nitrogen and oxygen atoms in total. The summed E-state index contributed by atoms with van der Waals surface area (Å²) in [6, 6.07) is 16.4. The molecular weight excluding hydrogens is 421 g/mol. The number of carbonyl (C=O) groups is 1. The molecule has 0 radical (unpaired) electrons. The highest BCUT2D eigenvalue weighted by molar-refractivity contribution is 5.97. The van der Waals surface area contributed by atoms with Gasteiger partial charge in [0.2, 0.25) is 5.91 Å². The summed E-state index contributed by atoms with van der Waals surface area (Å²) in [5.74, 6) is -0.0312. The number of guanidine groups is 1. The van der Waals surface area contributed by atoms with Gasteiger partial charge in [-0.25, -0.2) is 9.38 Å². The summed E-state index contributed by atoms with van der Waals surface area (Å²) in [7, 11) is 0. The number of rotatable bonds is 6. The molecule has 0 spiro atoms. The molecule has 1 saturated heterocycles. The highest BCUT2D eigenvalue weighted by Crippen LogP contribution is 2.29. The number of hydrogen-bond donors (Lipinski definition) is 3. The molecule has 1 atom stereocenters. The van der Waals surface area contributed by atoms with Crippen LogP contribution in [0.15, 0.2) is 64.1 Å². The molecule has 8 heteroatoms. The lowest BCUT2D eigenvalue weighted by molar-refractivity contribution is -0.124. The molecule has 1 fully saturated rings. The zero-order valence-corrected chi connectivity index (χ0v) is 18.6. The average molecular weight is 450 g/mol. The lowest BCUT2D eigenvalue weighted by atomic mass is 9.94. The van der Waals surface area contributed by atoms with Crippen molar-refractivity contribution in [1.29, 1.82) is 0 Å². The Kier molecular flexibility index (Phi) is 7.14. The average Bonchev–Trinajstić information content (AvgIpc) is 3.32. The Balaban J connectivity index is 1.38. The number of aliphatic imine (C=N–C) groups is 1. The van der Waals surface area contributed by atoms with Gasteiger partial charge in [0.15, 0.2) is 11.7 Å². The van der Waals surface area contributed by atoms with E-state index in [9.17, 15) is 9.18 Å². The molecule has 0 aliphatic carbocycles. The van der Waals surface area contributed by atoms with Crippen LogP contribution in [0.5, 0.6) is 0 Å². The van der Waals surface area contributed by atoms with E-state index >= 15 is 0 Å². The molecule has 2 heterocycles. The number of aromatic nitrogens is 1. The van der Waals surface area contributed by atoms with E-state index in [-0.39, 0.29) is 36.1 Å². The maximum atomic E-state index is 14.8. The Morgan fingerprint density at radius 3 is 2.73 bits per heavy atom. The Hall–Kier alpha value is -3.52. The Bertz CT molecular complexity index is 1120. The largest absolute Gasteiger partial charge is 0.370 e. The molecule has 0 saturated carbocycles. The SMILES string of the molecule is CC(c1ccc(-c2ccccc2)c(F)c1)c1cc(CN=C(N)NC(=O)C2CCNCC2)on1. The van der Waals surface area contributed by atoms with Crippen LogP contribution >= 0.6 is 0 Å². The summed E-state index contributed by atoms with van der Waals surface area (Å²) < 4.78 is 20.1. The lowest BCUT2D eigenvalue weighted by Gasteiger charge is -2.21. The third-order valence-corrected chi connectivity index (χ3v) is 5.97. The number of nitrogens with two attached hydrogens (primary N) is 1. The third kappa shape index (κ3) is 5.64. The van der Waals surface area contributed by atoms with E-state index in [1.807, 2.05) is 43.3 Å². The quantitative estimate of drug-likeness (QED) is 0.394. The number of halogens is 1. The van der Waals surface area contributed by atoms with Crippen LogP contribution in [0.2, 0.25) is 0 Å². The van der Waals surface area contributed by atoms with Crippen LogP contribution in [0.1, 0.15) is 42.7 Å². The van der Waals surface area contributed by atoms with Crippen molar-refractivity contribution in [3.05, 3.63) is 77.4 Å². The van der Waals surface area contributed by atoms with Crippen LogP contribution in [0.25, 0.3) is 11.1 Å².